The van der Waals surface area contributed by atoms with Gasteiger partial charge in [0.2, 0.25) is 11.9 Å². The van der Waals surface area contributed by atoms with E-state index in [0.717, 1.165) is 89.1 Å². The number of rotatable bonds is 10. The molecule has 0 aliphatic heterocycles. The summed E-state index contributed by atoms with van der Waals surface area (Å²) in [6.07, 6.45) is 0. The first kappa shape index (κ1) is 42.5. The highest BCUT2D eigenvalue weighted by Crippen LogP contribution is 2.43. The number of nitrogens with zero attached hydrogens (tertiary/aromatic N) is 6. The normalized spacial score (nSPS) is 12.3. The average Bonchev–Trinajstić information content (AvgIpc) is 4.10. The van der Waals surface area contributed by atoms with Gasteiger partial charge in [0, 0.05) is 33.7 Å². The molecular formula is C62H56N6O. The van der Waals surface area contributed by atoms with Gasteiger partial charge in [0.25, 0.3) is 0 Å². The minimum Gasteiger partial charge on any atom is -0.457 e. The maximum atomic E-state index is 7.04. The molecule has 12 rings (SSSR count). The number of aromatic nitrogens is 6. The van der Waals surface area contributed by atoms with Crippen LogP contribution >= 0.6 is 0 Å². The van der Waals surface area contributed by atoms with Gasteiger partial charge >= 0.3 is 0 Å². The fourth-order valence-corrected chi connectivity index (χ4v) is 10.9. The molecule has 0 saturated carbocycles. The molecule has 8 aromatic carbocycles. The molecular weight excluding hydrogens is 845 g/mol. The largest absolute Gasteiger partial charge is 0.457 e. The Morgan fingerprint density at radius 2 is 0.652 bits per heavy atom. The maximum Gasteiger partial charge on any atom is 0.220 e. The van der Waals surface area contributed by atoms with Gasteiger partial charge in [-0.2, -0.15) is 0 Å². The van der Waals surface area contributed by atoms with Gasteiger partial charge in [0.05, 0.1) is 55.5 Å². The summed E-state index contributed by atoms with van der Waals surface area (Å²) in [6, 6.07) is 60.9. The van der Waals surface area contributed by atoms with Gasteiger partial charge in [-0.3, -0.25) is 18.3 Å². The fraction of sp³-hybridized carbons (Fsp3) is 0.194. The molecule has 7 nitrogen and oxygen atoms in total. The summed E-state index contributed by atoms with van der Waals surface area (Å²) in [7, 11) is 0. The Bertz CT molecular complexity index is 3660. The minimum atomic E-state index is 0.300. The quantitative estimate of drug-likeness (QED) is 0.137. The first-order chi connectivity index (χ1) is 33.6. The van der Waals surface area contributed by atoms with Crippen molar-refractivity contribution in [2.45, 2.75) is 79.1 Å². The van der Waals surface area contributed by atoms with E-state index in [-0.39, 0.29) is 0 Å². The van der Waals surface area contributed by atoms with Crippen molar-refractivity contribution in [2.24, 2.45) is 0 Å². The predicted molar refractivity (Wildman–Crippen MR) is 287 cm³/mol. The topological polar surface area (TPSA) is 54.7 Å². The Morgan fingerprint density at radius 1 is 0.319 bits per heavy atom. The van der Waals surface area contributed by atoms with Crippen molar-refractivity contribution in [2.75, 3.05) is 0 Å². The van der Waals surface area contributed by atoms with Crippen molar-refractivity contribution in [3.63, 3.8) is 0 Å². The second kappa shape index (κ2) is 16.4. The van der Waals surface area contributed by atoms with Crippen LogP contribution in [0.25, 0.3) is 88.9 Å². The van der Waals surface area contributed by atoms with E-state index in [1.165, 1.54) is 33.6 Å². The molecule has 0 aliphatic rings. The Kier molecular flexibility index (Phi) is 10.1. The van der Waals surface area contributed by atoms with Crippen molar-refractivity contribution in [3.8, 4) is 34.8 Å². The lowest BCUT2D eigenvalue weighted by Crippen LogP contribution is -2.11. The van der Waals surface area contributed by atoms with Crippen molar-refractivity contribution in [1.82, 2.24) is 28.2 Å². The smallest absolute Gasteiger partial charge is 0.220 e. The van der Waals surface area contributed by atoms with Crippen LogP contribution in [0.15, 0.2) is 170 Å². The highest BCUT2D eigenvalue weighted by atomic mass is 16.5. The number of hydrogen-bond acceptors (Lipinski definition) is 3. The zero-order valence-corrected chi connectivity index (χ0v) is 40.6. The molecule has 4 heterocycles. The zero-order valence-electron chi connectivity index (χ0n) is 40.6. The summed E-state index contributed by atoms with van der Waals surface area (Å²) >= 11 is 0. The van der Waals surface area contributed by atoms with E-state index in [2.05, 4.69) is 244 Å². The molecule has 0 spiro atoms. The number of hydrogen-bond donors (Lipinski definition) is 0. The number of ether oxygens (including phenoxy) is 1. The Morgan fingerprint density at radius 3 is 1.03 bits per heavy atom. The van der Waals surface area contributed by atoms with Gasteiger partial charge in [-0.1, -0.05) is 152 Å². The van der Waals surface area contributed by atoms with Crippen LogP contribution in [-0.2, 0) is 0 Å². The highest BCUT2D eigenvalue weighted by Gasteiger charge is 2.27. The molecule has 69 heavy (non-hydrogen) atoms. The molecule has 0 saturated heterocycles. The zero-order chi connectivity index (χ0) is 47.2. The lowest BCUT2D eigenvalue weighted by atomic mass is 9.92. The van der Waals surface area contributed by atoms with Gasteiger partial charge in [0.15, 0.2) is 0 Å². The summed E-state index contributed by atoms with van der Waals surface area (Å²) in [5, 5.41) is 4.59. The molecule has 0 atom stereocenters. The van der Waals surface area contributed by atoms with Crippen molar-refractivity contribution in [3.05, 3.63) is 192 Å². The molecule has 0 amide bonds. The van der Waals surface area contributed by atoms with Crippen molar-refractivity contribution in [1.29, 1.82) is 0 Å². The summed E-state index contributed by atoms with van der Waals surface area (Å²) in [6.45, 7) is 18.3. The number of imidazole rings is 2. The van der Waals surface area contributed by atoms with Crippen LogP contribution in [0.2, 0.25) is 0 Å². The molecule has 0 N–H and O–H groups in total. The Balaban J connectivity index is 1.07. The van der Waals surface area contributed by atoms with Crippen LogP contribution in [0.4, 0.5) is 0 Å². The third kappa shape index (κ3) is 6.69. The molecule has 0 aliphatic carbocycles. The van der Waals surface area contributed by atoms with Gasteiger partial charge in [-0.05, 0) is 107 Å². The Hall–Kier alpha value is -7.90. The van der Waals surface area contributed by atoms with Gasteiger partial charge in [0.1, 0.15) is 11.5 Å². The summed E-state index contributed by atoms with van der Waals surface area (Å²) in [5.74, 6) is 4.38. The monoisotopic (exact) mass is 900 g/mol. The molecule has 0 radical (unpaired) electrons. The van der Waals surface area contributed by atoms with Crippen LogP contribution in [0, 0.1) is 0 Å². The van der Waals surface area contributed by atoms with Crippen molar-refractivity contribution < 1.29 is 4.74 Å². The van der Waals surface area contributed by atoms with Crippen LogP contribution in [0.5, 0.6) is 11.5 Å². The van der Waals surface area contributed by atoms with E-state index >= 15 is 0 Å². The van der Waals surface area contributed by atoms with E-state index < -0.39 is 0 Å². The summed E-state index contributed by atoms with van der Waals surface area (Å²) in [4.78, 5) is 11.0. The molecule has 0 fully saturated rings. The van der Waals surface area contributed by atoms with Gasteiger partial charge in [-0.15, -0.1) is 0 Å². The molecule has 12 aromatic rings. The second-order valence-corrected chi connectivity index (χ2v) is 19.8. The number of fused-ring (bicyclic) bond motifs is 8. The molecule has 4 aromatic heterocycles. The van der Waals surface area contributed by atoms with E-state index in [0.29, 0.717) is 23.7 Å². The third-order valence-electron chi connectivity index (χ3n) is 14.1. The van der Waals surface area contributed by atoms with E-state index in [1.54, 1.807) is 0 Å². The van der Waals surface area contributed by atoms with Crippen molar-refractivity contribution >= 4 is 65.7 Å². The maximum absolute atomic E-state index is 7.04. The summed E-state index contributed by atoms with van der Waals surface area (Å²) in [5.41, 5.74) is 15.8. The third-order valence-corrected chi connectivity index (χ3v) is 14.1. The number of benzene rings is 8. The Labute approximate surface area is 402 Å². The average molecular weight is 901 g/mol. The first-order valence-electron chi connectivity index (χ1n) is 24.5. The molecule has 340 valence electrons. The van der Waals surface area contributed by atoms with Gasteiger partial charge in [-0.25, -0.2) is 9.97 Å². The SMILES string of the molecule is CC(C)c1cccc(C(C)C)c1-n1c(-n2c3ccccc3c3ccc(Oc4ccc5c6ccccc6n(-c6nc7ccccc7n6-c6c(C(C)C)cccc6C(C)C)c5c4)cc32)nc2ccccc21. The van der Waals surface area contributed by atoms with Crippen LogP contribution in [0.1, 0.15) is 101 Å². The van der Waals surface area contributed by atoms with E-state index in [9.17, 15) is 0 Å². The van der Waals surface area contributed by atoms with E-state index in [4.69, 9.17) is 14.7 Å². The van der Waals surface area contributed by atoms with Gasteiger partial charge < -0.3 is 4.74 Å². The first-order valence-corrected chi connectivity index (χ1v) is 24.5. The lowest BCUT2D eigenvalue weighted by molar-refractivity contribution is 0.484. The standard InChI is InChI=1S/C62H56N6O/c1-37(2)43-21-17-22-44(38(3)4)59(43)67-55-29-15-11-25-51(55)63-61(67)65-53-27-13-9-19-47(53)49-33-31-41(35-57(49)65)69-42-32-34-50-48-20-10-14-28-54(48)66(58(50)36-42)62-64-52-26-12-16-30-56(52)68(62)60-45(39(5)6)23-18-24-46(60)40(7)8/h9-40H,1-8H3. The second-order valence-electron chi connectivity index (χ2n) is 19.8. The lowest BCUT2D eigenvalue weighted by Gasteiger charge is -2.23. The summed E-state index contributed by atoms with van der Waals surface area (Å²) < 4.78 is 16.5. The van der Waals surface area contributed by atoms with Crippen LogP contribution < -0.4 is 4.74 Å². The predicted octanol–water partition coefficient (Wildman–Crippen LogP) is 16.8. The number of para-hydroxylation sites is 8. The fourth-order valence-electron chi connectivity index (χ4n) is 10.9. The molecule has 7 heteroatoms. The van der Waals surface area contributed by atoms with E-state index in [1.807, 2.05) is 0 Å². The molecule has 0 bridgehead atoms. The van der Waals surface area contributed by atoms with Crippen LogP contribution in [-0.4, -0.2) is 28.2 Å². The molecule has 0 unspecified atom stereocenters. The minimum absolute atomic E-state index is 0.300. The highest BCUT2D eigenvalue weighted by molar-refractivity contribution is 6.11. The van der Waals surface area contributed by atoms with Crippen LogP contribution in [0.3, 0.4) is 0 Å².